The van der Waals surface area contributed by atoms with Crippen molar-refractivity contribution in [2.75, 3.05) is 0 Å². The van der Waals surface area contributed by atoms with Crippen LogP contribution in [-0.4, -0.2) is 25.7 Å². The van der Waals surface area contributed by atoms with Gasteiger partial charge in [-0.1, -0.05) is 24.3 Å². The third-order valence-electron chi connectivity index (χ3n) is 5.14. The van der Waals surface area contributed by atoms with Gasteiger partial charge in [-0.3, -0.25) is 4.79 Å². The molecule has 0 spiro atoms. The summed E-state index contributed by atoms with van der Waals surface area (Å²) in [6, 6.07) is 10.2. The second kappa shape index (κ2) is 9.48. The van der Waals surface area contributed by atoms with E-state index in [2.05, 4.69) is 15.1 Å². The molecule has 0 aliphatic rings. The van der Waals surface area contributed by atoms with Crippen LogP contribution in [-0.2, 0) is 17.1 Å². The van der Waals surface area contributed by atoms with Gasteiger partial charge < -0.3 is 5.73 Å². The summed E-state index contributed by atoms with van der Waals surface area (Å²) in [6.07, 6.45) is -7.03. The monoisotopic (exact) mass is 521 g/mol. The van der Waals surface area contributed by atoms with Gasteiger partial charge >= 0.3 is 12.4 Å². The molecule has 0 atom stereocenters. The number of nitrogens with two attached hydrogens (primary N) is 1. The van der Waals surface area contributed by atoms with E-state index in [4.69, 9.17) is 5.73 Å². The summed E-state index contributed by atoms with van der Waals surface area (Å²) in [6.45, 7) is 0. The molecule has 0 unspecified atom stereocenters. The summed E-state index contributed by atoms with van der Waals surface area (Å²) in [5, 5.41) is 4.17. The predicted molar refractivity (Wildman–Crippen MR) is 118 cm³/mol. The van der Waals surface area contributed by atoms with E-state index in [1.54, 1.807) is 0 Å². The van der Waals surface area contributed by atoms with Crippen LogP contribution in [0.1, 0.15) is 16.7 Å². The lowest BCUT2D eigenvalue weighted by Crippen LogP contribution is -2.15. The minimum Gasteiger partial charge on any atom is -0.366 e. The number of carbonyl (C=O) groups is 1. The minimum absolute atomic E-state index is 0.0910. The van der Waals surface area contributed by atoms with Gasteiger partial charge in [0.05, 0.1) is 16.7 Å². The maximum absolute atomic E-state index is 14.3. The van der Waals surface area contributed by atoms with Gasteiger partial charge in [0.25, 0.3) is 5.91 Å². The molecule has 2 heterocycles. The first kappa shape index (κ1) is 25.5. The van der Waals surface area contributed by atoms with Gasteiger partial charge in [0, 0.05) is 29.1 Å². The number of alkyl halides is 6. The third-order valence-corrected chi connectivity index (χ3v) is 5.14. The van der Waals surface area contributed by atoms with Crippen molar-refractivity contribution in [3.05, 3.63) is 89.5 Å². The second-order valence-electron chi connectivity index (χ2n) is 7.60. The summed E-state index contributed by atoms with van der Waals surface area (Å²) in [5.74, 6) is -2.30. The Morgan fingerprint density at radius 1 is 0.838 bits per heavy atom. The molecule has 13 heteroatoms. The van der Waals surface area contributed by atoms with Crippen molar-refractivity contribution in [2.24, 2.45) is 5.73 Å². The number of primary amides is 1. The Hall–Kier alpha value is -4.55. The Morgan fingerprint density at radius 3 is 1.86 bits per heavy atom. The maximum atomic E-state index is 14.3. The van der Waals surface area contributed by atoms with Crippen LogP contribution in [0.5, 0.6) is 0 Å². The summed E-state index contributed by atoms with van der Waals surface area (Å²) in [7, 11) is 0. The summed E-state index contributed by atoms with van der Waals surface area (Å²) in [5.41, 5.74) is 3.17. The SMILES string of the molecule is NC(=O)/C(=C/n1nc(-c2ccc(C(F)(F)F)cc2)nc1-c1ccc(C(F)(F)F)cc1)c1cccnc1F. The van der Waals surface area contributed by atoms with Crippen LogP contribution in [0.3, 0.4) is 0 Å². The van der Waals surface area contributed by atoms with Crippen LogP contribution in [0, 0.1) is 5.95 Å². The normalized spacial score (nSPS) is 12.6. The Labute approximate surface area is 203 Å². The molecule has 2 aromatic heterocycles. The Kier molecular flexibility index (Phi) is 6.55. The molecule has 190 valence electrons. The van der Waals surface area contributed by atoms with E-state index in [9.17, 15) is 35.5 Å². The standard InChI is InChI=1S/C24H14F7N5O/c25-19-17(2-1-11-33-19)18(20(32)37)12-36-22(14-5-9-16(10-6-14)24(29,30)31)34-21(35-36)13-3-7-15(8-4-13)23(26,27)28/h1-12H,(H2,32,37)/b18-12+. The largest absolute Gasteiger partial charge is 0.416 e. The molecular weight excluding hydrogens is 507 g/mol. The van der Waals surface area contributed by atoms with Crippen LogP contribution in [0.25, 0.3) is 34.5 Å². The Bertz CT molecular complexity index is 1470. The lowest BCUT2D eigenvalue weighted by Gasteiger charge is -2.08. The number of benzene rings is 2. The third kappa shape index (κ3) is 5.50. The molecule has 4 aromatic rings. The minimum atomic E-state index is -4.60. The molecule has 0 aliphatic carbocycles. The highest BCUT2D eigenvalue weighted by molar-refractivity contribution is 6.22. The number of amides is 1. The lowest BCUT2D eigenvalue weighted by molar-refractivity contribution is -0.138. The molecule has 0 fully saturated rings. The van der Waals surface area contributed by atoms with Gasteiger partial charge in [0.1, 0.15) is 0 Å². The van der Waals surface area contributed by atoms with Crippen LogP contribution in [0.2, 0.25) is 0 Å². The average Bonchev–Trinajstić information content (AvgIpc) is 3.26. The summed E-state index contributed by atoms with van der Waals surface area (Å²) >= 11 is 0. The van der Waals surface area contributed by atoms with Crippen LogP contribution in [0.4, 0.5) is 30.7 Å². The predicted octanol–water partition coefficient (Wildman–Crippen LogP) is 5.67. The molecular formula is C24H14F7N5O. The quantitative estimate of drug-likeness (QED) is 0.208. The fourth-order valence-corrected chi connectivity index (χ4v) is 3.32. The lowest BCUT2D eigenvalue weighted by atomic mass is 10.1. The maximum Gasteiger partial charge on any atom is 0.416 e. The number of halogens is 7. The molecule has 0 saturated carbocycles. The summed E-state index contributed by atoms with van der Waals surface area (Å²) in [4.78, 5) is 19.8. The highest BCUT2D eigenvalue weighted by atomic mass is 19.4. The second-order valence-corrected chi connectivity index (χ2v) is 7.60. The van der Waals surface area contributed by atoms with Crippen molar-refractivity contribution in [1.82, 2.24) is 19.7 Å². The fourth-order valence-electron chi connectivity index (χ4n) is 3.32. The van der Waals surface area contributed by atoms with Crippen molar-refractivity contribution in [3.8, 4) is 22.8 Å². The van der Waals surface area contributed by atoms with E-state index in [1.807, 2.05) is 0 Å². The van der Waals surface area contributed by atoms with Crippen LogP contribution < -0.4 is 5.73 Å². The highest BCUT2D eigenvalue weighted by Gasteiger charge is 2.31. The first-order valence-electron chi connectivity index (χ1n) is 10.3. The molecule has 2 aromatic carbocycles. The van der Waals surface area contributed by atoms with Crippen molar-refractivity contribution < 1.29 is 35.5 Å². The van der Waals surface area contributed by atoms with Crippen molar-refractivity contribution in [3.63, 3.8) is 0 Å². The van der Waals surface area contributed by atoms with Crippen LogP contribution in [0.15, 0.2) is 66.9 Å². The first-order valence-corrected chi connectivity index (χ1v) is 10.3. The fraction of sp³-hybridized carbons (Fsp3) is 0.0833. The smallest absolute Gasteiger partial charge is 0.366 e. The van der Waals surface area contributed by atoms with Crippen molar-refractivity contribution in [1.29, 1.82) is 0 Å². The molecule has 0 aliphatic heterocycles. The number of aromatic nitrogens is 4. The number of carbonyl (C=O) groups excluding carboxylic acids is 1. The van der Waals surface area contributed by atoms with E-state index in [0.29, 0.717) is 0 Å². The van der Waals surface area contributed by atoms with Crippen molar-refractivity contribution in [2.45, 2.75) is 12.4 Å². The molecule has 0 saturated heterocycles. The van der Waals surface area contributed by atoms with Gasteiger partial charge in [-0.2, -0.15) is 30.7 Å². The number of nitrogens with zero attached hydrogens (tertiary/aromatic N) is 4. The molecule has 4 rings (SSSR count). The molecule has 2 N–H and O–H groups in total. The number of hydrogen-bond donors (Lipinski definition) is 1. The van der Waals surface area contributed by atoms with E-state index < -0.39 is 35.3 Å². The van der Waals surface area contributed by atoms with Crippen molar-refractivity contribution >= 4 is 17.7 Å². The van der Waals surface area contributed by atoms with Gasteiger partial charge in [0.2, 0.25) is 5.95 Å². The van der Waals surface area contributed by atoms with Gasteiger partial charge in [-0.05, 0) is 36.4 Å². The molecule has 0 radical (unpaired) electrons. The number of rotatable bonds is 5. The zero-order valence-corrected chi connectivity index (χ0v) is 18.3. The van der Waals surface area contributed by atoms with E-state index in [1.165, 1.54) is 12.1 Å². The first-order chi connectivity index (χ1) is 17.3. The molecule has 1 amide bonds. The number of pyridine rings is 1. The molecule has 37 heavy (non-hydrogen) atoms. The molecule has 6 nitrogen and oxygen atoms in total. The van der Waals surface area contributed by atoms with Gasteiger partial charge in [-0.25, -0.2) is 14.6 Å². The van der Waals surface area contributed by atoms with E-state index in [-0.39, 0.29) is 33.9 Å². The Balaban J connectivity index is 1.88. The number of hydrogen-bond acceptors (Lipinski definition) is 4. The topological polar surface area (TPSA) is 86.7 Å². The van der Waals surface area contributed by atoms with Gasteiger partial charge in [-0.15, -0.1) is 5.10 Å². The molecule has 0 bridgehead atoms. The zero-order chi connectivity index (χ0) is 27.0. The highest BCUT2D eigenvalue weighted by Crippen LogP contribution is 2.33. The van der Waals surface area contributed by atoms with Gasteiger partial charge in [0.15, 0.2) is 11.6 Å². The van der Waals surface area contributed by atoms with E-state index in [0.717, 1.165) is 65.6 Å². The Morgan fingerprint density at radius 2 is 1.38 bits per heavy atom. The summed E-state index contributed by atoms with van der Waals surface area (Å²) < 4.78 is 93.1. The van der Waals surface area contributed by atoms with Crippen LogP contribution >= 0.6 is 0 Å². The zero-order valence-electron chi connectivity index (χ0n) is 18.3. The van der Waals surface area contributed by atoms with E-state index >= 15 is 0 Å². The average molecular weight is 521 g/mol.